The van der Waals surface area contributed by atoms with Gasteiger partial charge in [-0.05, 0) is 36.8 Å². The third-order valence-corrected chi connectivity index (χ3v) is 2.83. The molecule has 2 aromatic rings. The first-order chi connectivity index (χ1) is 8.11. The molecule has 2 N–H and O–H groups in total. The van der Waals surface area contributed by atoms with Crippen molar-refractivity contribution < 1.29 is 4.74 Å². The van der Waals surface area contributed by atoms with Crippen LogP contribution in [-0.4, -0.2) is 12.1 Å². The predicted molar refractivity (Wildman–Crippen MR) is 70.4 cm³/mol. The van der Waals surface area contributed by atoms with Crippen LogP contribution in [0.3, 0.4) is 0 Å². The number of hydrogen-bond donors (Lipinski definition) is 1. The van der Waals surface area contributed by atoms with Crippen molar-refractivity contribution in [1.29, 1.82) is 0 Å². The molecule has 88 valence electrons. The van der Waals surface area contributed by atoms with Crippen LogP contribution in [0.4, 0.5) is 5.82 Å². The zero-order valence-corrected chi connectivity index (χ0v) is 10.5. The van der Waals surface area contributed by atoms with Crippen molar-refractivity contribution in [3.63, 3.8) is 0 Å². The lowest BCUT2D eigenvalue weighted by Gasteiger charge is -2.10. The highest BCUT2D eigenvalue weighted by atomic mass is 35.5. The van der Waals surface area contributed by atoms with Crippen LogP contribution in [-0.2, 0) is 0 Å². The van der Waals surface area contributed by atoms with Crippen LogP contribution in [0.15, 0.2) is 30.5 Å². The Labute approximate surface area is 105 Å². The molecule has 1 aromatic carbocycles. The third kappa shape index (κ3) is 2.34. The molecule has 0 atom stereocenters. The molecule has 2 rings (SSSR count). The van der Waals surface area contributed by atoms with Gasteiger partial charge in [-0.15, -0.1) is 0 Å². The fourth-order valence-electron chi connectivity index (χ4n) is 1.64. The Morgan fingerprint density at radius 1 is 1.29 bits per heavy atom. The summed E-state index contributed by atoms with van der Waals surface area (Å²) in [5.41, 5.74) is 8.49. The molecule has 3 nitrogen and oxygen atoms in total. The van der Waals surface area contributed by atoms with Crippen LogP contribution >= 0.6 is 11.6 Å². The number of nitrogen functional groups attached to an aromatic ring is 1. The maximum atomic E-state index is 5.99. The highest BCUT2D eigenvalue weighted by molar-refractivity contribution is 6.31. The number of methoxy groups -OCH3 is 1. The van der Waals surface area contributed by atoms with Gasteiger partial charge in [0.05, 0.1) is 7.11 Å². The number of halogens is 1. The number of nitrogens with zero attached hydrogens (tertiary/aromatic N) is 1. The number of hydrogen-bond acceptors (Lipinski definition) is 3. The Morgan fingerprint density at radius 3 is 2.71 bits per heavy atom. The largest absolute Gasteiger partial charge is 0.496 e. The zero-order valence-electron chi connectivity index (χ0n) is 9.70. The summed E-state index contributed by atoms with van der Waals surface area (Å²) >= 11 is 5.99. The van der Waals surface area contributed by atoms with E-state index in [1.807, 2.05) is 25.1 Å². The summed E-state index contributed by atoms with van der Waals surface area (Å²) in [6.07, 6.45) is 1.72. The molecular formula is C13H13ClN2O. The highest BCUT2D eigenvalue weighted by Crippen LogP contribution is 2.32. The summed E-state index contributed by atoms with van der Waals surface area (Å²) in [6, 6.07) is 7.45. The Hall–Kier alpha value is -1.74. The molecule has 0 aliphatic heterocycles. The molecular weight excluding hydrogens is 236 g/mol. The van der Waals surface area contributed by atoms with Gasteiger partial charge in [0.2, 0.25) is 0 Å². The number of rotatable bonds is 2. The van der Waals surface area contributed by atoms with E-state index in [0.29, 0.717) is 10.8 Å². The third-order valence-electron chi connectivity index (χ3n) is 2.59. The van der Waals surface area contributed by atoms with E-state index in [1.165, 1.54) is 0 Å². The second-order valence-electron chi connectivity index (χ2n) is 3.77. The van der Waals surface area contributed by atoms with Gasteiger partial charge in [0.15, 0.2) is 0 Å². The van der Waals surface area contributed by atoms with E-state index in [0.717, 1.165) is 22.4 Å². The molecule has 1 aromatic heterocycles. The van der Waals surface area contributed by atoms with Crippen molar-refractivity contribution in [1.82, 2.24) is 4.98 Å². The summed E-state index contributed by atoms with van der Waals surface area (Å²) in [4.78, 5) is 4.14. The molecule has 0 amide bonds. The number of aryl methyl sites for hydroxylation is 1. The predicted octanol–water partition coefficient (Wildman–Crippen LogP) is 3.30. The number of benzene rings is 1. The van der Waals surface area contributed by atoms with E-state index in [-0.39, 0.29) is 0 Å². The Bertz CT molecular complexity index is 555. The van der Waals surface area contributed by atoms with E-state index in [1.54, 1.807) is 19.4 Å². The van der Waals surface area contributed by atoms with Gasteiger partial charge >= 0.3 is 0 Å². The van der Waals surface area contributed by atoms with Gasteiger partial charge < -0.3 is 10.5 Å². The summed E-state index contributed by atoms with van der Waals surface area (Å²) in [7, 11) is 1.63. The number of nitrogens with two attached hydrogens (primary N) is 1. The van der Waals surface area contributed by atoms with Crippen molar-refractivity contribution in [2.45, 2.75) is 6.92 Å². The lowest BCUT2D eigenvalue weighted by Crippen LogP contribution is -1.95. The van der Waals surface area contributed by atoms with Crippen LogP contribution in [0.25, 0.3) is 11.1 Å². The van der Waals surface area contributed by atoms with Crippen molar-refractivity contribution in [3.05, 3.63) is 41.0 Å². The molecule has 17 heavy (non-hydrogen) atoms. The lowest BCUT2D eigenvalue weighted by molar-refractivity contribution is 0.416. The van der Waals surface area contributed by atoms with E-state index in [9.17, 15) is 0 Å². The first-order valence-corrected chi connectivity index (χ1v) is 5.55. The number of pyridine rings is 1. The molecule has 4 heteroatoms. The quantitative estimate of drug-likeness (QED) is 0.887. The van der Waals surface area contributed by atoms with Crippen molar-refractivity contribution in [3.8, 4) is 16.9 Å². The lowest BCUT2D eigenvalue weighted by atomic mass is 10.0. The fourth-order valence-corrected chi connectivity index (χ4v) is 1.81. The second kappa shape index (κ2) is 4.63. The van der Waals surface area contributed by atoms with Crippen LogP contribution in [0.1, 0.15) is 5.56 Å². The number of aromatic nitrogens is 1. The van der Waals surface area contributed by atoms with E-state index < -0.39 is 0 Å². The Kier molecular flexibility index (Phi) is 3.20. The molecule has 0 aliphatic carbocycles. The van der Waals surface area contributed by atoms with Gasteiger partial charge in [0, 0.05) is 22.3 Å². The standard InChI is InChI=1S/C13H13ClN2O/c1-8-5-9(7-16-13(8)15)11-6-10(14)3-4-12(11)17-2/h3-7H,1-2H3,(H2,15,16). The van der Waals surface area contributed by atoms with Crippen LogP contribution in [0.2, 0.25) is 5.02 Å². The average Bonchev–Trinajstić information content (AvgIpc) is 2.32. The van der Waals surface area contributed by atoms with Gasteiger partial charge in [0.25, 0.3) is 0 Å². The first kappa shape index (κ1) is 11.7. The fraction of sp³-hybridized carbons (Fsp3) is 0.154. The number of anilines is 1. The molecule has 0 radical (unpaired) electrons. The summed E-state index contributed by atoms with van der Waals surface area (Å²) in [5, 5.41) is 0.662. The van der Waals surface area contributed by atoms with E-state index in [4.69, 9.17) is 22.1 Å². The van der Waals surface area contributed by atoms with Gasteiger partial charge in [-0.25, -0.2) is 4.98 Å². The minimum absolute atomic E-state index is 0.537. The minimum atomic E-state index is 0.537. The van der Waals surface area contributed by atoms with Crippen LogP contribution in [0, 0.1) is 6.92 Å². The van der Waals surface area contributed by atoms with Crippen molar-refractivity contribution >= 4 is 17.4 Å². The van der Waals surface area contributed by atoms with E-state index >= 15 is 0 Å². The highest BCUT2D eigenvalue weighted by Gasteiger charge is 2.08. The van der Waals surface area contributed by atoms with Crippen LogP contribution < -0.4 is 10.5 Å². The number of ether oxygens (including phenoxy) is 1. The molecule has 0 saturated heterocycles. The summed E-state index contributed by atoms with van der Waals surface area (Å²) < 4.78 is 5.31. The zero-order chi connectivity index (χ0) is 12.4. The van der Waals surface area contributed by atoms with Gasteiger partial charge in [-0.3, -0.25) is 0 Å². The van der Waals surface area contributed by atoms with Crippen molar-refractivity contribution in [2.24, 2.45) is 0 Å². The average molecular weight is 249 g/mol. The van der Waals surface area contributed by atoms with Gasteiger partial charge in [0.1, 0.15) is 11.6 Å². The van der Waals surface area contributed by atoms with Crippen molar-refractivity contribution in [2.75, 3.05) is 12.8 Å². The maximum absolute atomic E-state index is 5.99. The molecule has 0 unspecified atom stereocenters. The minimum Gasteiger partial charge on any atom is -0.496 e. The molecule has 0 fully saturated rings. The maximum Gasteiger partial charge on any atom is 0.126 e. The molecule has 0 aliphatic rings. The molecule has 0 bridgehead atoms. The Morgan fingerprint density at radius 2 is 2.06 bits per heavy atom. The molecule has 1 heterocycles. The van der Waals surface area contributed by atoms with Gasteiger partial charge in [-0.2, -0.15) is 0 Å². The van der Waals surface area contributed by atoms with Crippen LogP contribution in [0.5, 0.6) is 5.75 Å². The Balaban J connectivity index is 2.58. The monoisotopic (exact) mass is 248 g/mol. The SMILES string of the molecule is COc1ccc(Cl)cc1-c1cnc(N)c(C)c1. The molecule has 0 spiro atoms. The van der Waals surface area contributed by atoms with Gasteiger partial charge in [-0.1, -0.05) is 11.6 Å². The first-order valence-electron chi connectivity index (χ1n) is 5.18. The topological polar surface area (TPSA) is 48.1 Å². The summed E-state index contributed by atoms with van der Waals surface area (Å²) in [6.45, 7) is 1.92. The smallest absolute Gasteiger partial charge is 0.126 e. The molecule has 0 saturated carbocycles. The normalized spacial score (nSPS) is 10.3. The van der Waals surface area contributed by atoms with E-state index in [2.05, 4.69) is 4.98 Å². The summed E-state index contributed by atoms with van der Waals surface area (Å²) in [5.74, 6) is 1.30. The second-order valence-corrected chi connectivity index (χ2v) is 4.21.